The Morgan fingerprint density at radius 3 is 2.26 bits per heavy atom. The van der Waals surface area contributed by atoms with E-state index < -0.39 is 11.7 Å². The van der Waals surface area contributed by atoms with E-state index in [0.717, 1.165) is 44.9 Å². The zero-order chi connectivity index (χ0) is 23.7. The lowest BCUT2D eigenvalue weighted by Crippen LogP contribution is -2.04. The molecule has 0 spiro atoms. The minimum atomic E-state index is -4.39. The minimum absolute atomic E-state index is 0.336. The van der Waals surface area contributed by atoms with Crippen molar-refractivity contribution >= 4 is 33.6 Å². The molecule has 4 aromatic carbocycles. The Labute approximate surface area is 192 Å². The molecule has 0 atom stereocenters. The number of nitrogens with one attached hydrogen (secondary N) is 1. The quantitative estimate of drug-likeness (QED) is 0.130. The van der Waals surface area contributed by atoms with Crippen molar-refractivity contribution in [1.29, 1.82) is 0 Å². The van der Waals surface area contributed by atoms with E-state index >= 15 is 0 Å². The van der Waals surface area contributed by atoms with Gasteiger partial charge in [-0.25, -0.2) is 9.37 Å². The third kappa shape index (κ3) is 4.32. The van der Waals surface area contributed by atoms with Crippen LogP contribution in [0.15, 0.2) is 96.1 Å². The van der Waals surface area contributed by atoms with Crippen LogP contribution < -0.4 is 5.43 Å². The lowest BCUT2D eigenvalue weighted by atomic mass is 10.0. The number of anilines is 1. The van der Waals surface area contributed by atoms with Crippen molar-refractivity contribution < 1.29 is 17.6 Å². The van der Waals surface area contributed by atoms with Crippen molar-refractivity contribution in [3.8, 4) is 11.3 Å². The van der Waals surface area contributed by atoms with Crippen LogP contribution in [0.4, 0.5) is 23.2 Å². The van der Waals surface area contributed by atoms with Gasteiger partial charge in [0.05, 0.1) is 28.7 Å². The number of nitrogens with zero attached hydrogens (tertiary/aromatic N) is 2. The van der Waals surface area contributed by atoms with E-state index in [4.69, 9.17) is 4.98 Å². The third-order valence-corrected chi connectivity index (χ3v) is 5.49. The Hall–Kier alpha value is -4.26. The fourth-order valence-electron chi connectivity index (χ4n) is 3.77. The van der Waals surface area contributed by atoms with Crippen LogP contribution in [0.5, 0.6) is 0 Å². The van der Waals surface area contributed by atoms with E-state index in [1.165, 1.54) is 24.3 Å². The molecular weight excluding hydrogens is 442 g/mol. The van der Waals surface area contributed by atoms with E-state index in [9.17, 15) is 17.6 Å². The van der Waals surface area contributed by atoms with Gasteiger partial charge in [-0.05, 0) is 60.0 Å². The zero-order valence-corrected chi connectivity index (χ0v) is 17.6. The van der Waals surface area contributed by atoms with Crippen molar-refractivity contribution in [3.05, 3.63) is 108 Å². The summed E-state index contributed by atoms with van der Waals surface area (Å²) in [6.45, 7) is 0. The number of fused-ring (bicyclic) bond motifs is 3. The van der Waals surface area contributed by atoms with E-state index in [0.29, 0.717) is 11.4 Å². The molecule has 7 heteroatoms. The summed E-state index contributed by atoms with van der Waals surface area (Å²) >= 11 is 0. The Bertz CT molecular complexity index is 1510. The number of hydrazone groups is 1. The van der Waals surface area contributed by atoms with Crippen LogP contribution in [0.25, 0.3) is 32.9 Å². The molecule has 0 aliphatic heterocycles. The largest absolute Gasteiger partial charge is 0.416 e. The zero-order valence-electron chi connectivity index (χ0n) is 17.6. The monoisotopic (exact) mass is 459 g/mol. The molecule has 5 rings (SSSR count). The molecular formula is C27H17F4N3. The first kappa shape index (κ1) is 21.6. The highest BCUT2D eigenvalue weighted by Gasteiger charge is 2.29. The number of hydrogen-bond donors (Lipinski definition) is 1. The summed E-state index contributed by atoms with van der Waals surface area (Å²) in [5.74, 6) is -0.336. The molecule has 0 saturated heterocycles. The van der Waals surface area contributed by atoms with Crippen LogP contribution in [-0.4, -0.2) is 11.2 Å². The number of rotatable bonds is 4. The van der Waals surface area contributed by atoms with Gasteiger partial charge in [0.25, 0.3) is 0 Å². The highest BCUT2D eigenvalue weighted by Crippen LogP contribution is 2.31. The number of alkyl halides is 3. The molecule has 0 bridgehead atoms. The van der Waals surface area contributed by atoms with E-state index in [1.807, 2.05) is 42.5 Å². The van der Waals surface area contributed by atoms with Gasteiger partial charge < -0.3 is 0 Å². The summed E-state index contributed by atoms with van der Waals surface area (Å²) < 4.78 is 51.8. The first-order valence-electron chi connectivity index (χ1n) is 10.4. The fourth-order valence-corrected chi connectivity index (χ4v) is 3.77. The van der Waals surface area contributed by atoms with E-state index in [2.05, 4.69) is 10.5 Å². The summed E-state index contributed by atoms with van der Waals surface area (Å²) in [6.07, 6.45) is -2.79. The molecule has 5 aromatic rings. The molecule has 168 valence electrons. The molecule has 1 aromatic heterocycles. The van der Waals surface area contributed by atoms with Crippen LogP contribution in [0.2, 0.25) is 0 Å². The summed E-state index contributed by atoms with van der Waals surface area (Å²) in [7, 11) is 0. The maximum absolute atomic E-state index is 13.4. The predicted molar refractivity (Wildman–Crippen MR) is 127 cm³/mol. The summed E-state index contributed by atoms with van der Waals surface area (Å²) in [4.78, 5) is 4.85. The molecule has 0 amide bonds. The van der Waals surface area contributed by atoms with Gasteiger partial charge in [-0.1, -0.05) is 36.4 Å². The molecule has 0 fully saturated rings. The van der Waals surface area contributed by atoms with Crippen molar-refractivity contribution in [2.24, 2.45) is 5.10 Å². The van der Waals surface area contributed by atoms with Crippen molar-refractivity contribution in [2.75, 3.05) is 5.43 Å². The Morgan fingerprint density at radius 1 is 0.794 bits per heavy atom. The van der Waals surface area contributed by atoms with Gasteiger partial charge in [-0.3, -0.25) is 5.43 Å². The average molecular weight is 459 g/mol. The normalized spacial score (nSPS) is 12.0. The van der Waals surface area contributed by atoms with Crippen molar-refractivity contribution in [2.45, 2.75) is 6.18 Å². The second-order valence-corrected chi connectivity index (χ2v) is 7.73. The molecule has 0 radical (unpaired) electrons. The van der Waals surface area contributed by atoms with Crippen molar-refractivity contribution in [1.82, 2.24) is 4.98 Å². The molecule has 0 aliphatic carbocycles. The Morgan fingerprint density at radius 2 is 1.53 bits per heavy atom. The number of pyridine rings is 1. The van der Waals surface area contributed by atoms with Gasteiger partial charge in [0.1, 0.15) is 5.82 Å². The number of benzene rings is 4. The summed E-state index contributed by atoms with van der Waals surface area (Å²) in [6, 6.07) is 24.4. The standard InChI is InChI=1S/C27H17F4N3/c28-21-10-5-18(6-11-21)25-15-19(16-32-34-22-12-8-20(9-13-22)27(29,30)31)24-14-7-17-3-1-2-4-23(17)26(24)33-25/h1-16,34H. The minimum Gasteiger partial charge on any atom is -0.279 e. The molecule has 34 heavy (non-hydrogen) atoms. The third-order valence-electron chi connectivity index (χ3n) is 5.49. The maximum Gasteiger partial charge on any atom is 0.416 e. The van der Waals surface area contributed by atoms with Gasteiger partial charge in [0.2, 0.25) is 0 Å². The van der Waals surface area contributed by atoms with Crippen LogP contribution in [0, 0.1) is 5.82 Å². The second kappa shape index (κ2) is 8.59. The van der Waals surface area contributed by atoms with Crippen LogP contribution in [0.3, 0.4) is 0 Å². The Kier molecular flexibility index (Phi) is 5.45. The Balaban J connectivity index is 1.56. The highest BCUT2D eigenvalue weighted by molar-refractivity contribution is 6.11. The van der Waals surface area contributed by atoms with Crippen LogP contribution in [0.1, 0.15) is 11.1 Å². The lowest BCUT2D eigenvalue weighted by molar-refractivity contribution is -0.137. The second-order valence-electron chi connectivity index (χ2n) is 7.73. The van der Waals surface area contributed by atoms with Gasteiger partial charge in [0, 0.05) is 21.9 Å². The number of aromatic nitrogens is 1. The topological polar surface area (TPSA) is 37.3 Å². The maximum atomic E-state index is 13.4. The number of halogens is 4. The van der Waals surface area contributed by atoms with E-state index in [-0.39, 0.29) is 5.82 Å². The molecule has 0 unspecified atom stereocenters. The smallest absolute Gasteiger partial charge is 0.279 e. The molecule has 1 N–H and O–H groups in total. The molecule has 0 saturated carbocycles. The molecule has 0 aliphatic rings. The highest BCUT2D eigenvalue weighted by atomic mass is 19.4. The van der Waals surface area contributed by atoms with Crippen LogP contribution in [-0.2, 0) is 6.18 Å². The van der Waals surface area contributed by atoms with Crippen LogP contribution >= 0.6 is 0 Å². The summed E-state index contributed by atoms with van der Waals surface area (Å²) in [5, 5.41) is 7.10. The van der Waals surface area contributed by atoms with Gasteiger partial charge >= 0.3 is 6.18 Å². The average Bonchev–Trinajstić information content (AvgIpc) is 2.84. The first-order chi connectivity index (χ1) is 16.4. The number of hydrogen-bond acceptors (Lipinski definition) is 3. The summed E-state index contributed by atoms with van der Waals surface area (Å²) in [5.41, 5.74) is 5.41. The first-order valence-corrected chi connectivity index (χ1v) is 10.4. The van der Waals surface area contributed by atoms with Crippen molar-refractivity contribution in [3.63, 3.8) is 0 Å². The predicted octanol–water partition coefficient (Wildman–Crippen LogP) is 7.66. The SMILES string of the molecule is Fc1ccc(-c2cc(C=NNc3ccc(C(F)(F)F)cc3)c3ccc4ccccc4c3n2)cc1. The van der Waals surface area contributed by atoms with Gasteiger partial charge in [0.15, 0.2) is 0 Å². The molecule has 3 nitrogen and oxygen atoms in total. The van der Waals surface area contributed by atoms with Gasteiger partial charge in [-0.2, -0.15) is 18.3 Å². The van der Waals surface area contributed by atoms with E-state index in [1.54, 1.807) is 18.3 Å². The molecule has 1 heterocycles. The lowest BCUT2D eigenvalue weighted by Gasteiger charge is -2.10. The van der Waals surface area contributed by atoms with Gasteiger partial charge in [-0.15, -0.1) is 0 Å². The fraction of sp³-hybridized carbons (Fsp3) is 0.0370.